The quantitative estimate of drug-likeness (QED) is 0.828. The molecule has 1 aromatic carbocycles. The number of hydrogen-bond donors (Lipinski definition) is 2. The van der Waals surface area contributed by atoms with Crippen LogP contribution in [-0.2, 0) is 16.3 Å². The molecule has 5 heteroatoms. The van der Waals surface area contributed by atoms with Gasteiger partial charge in [-0.2, -0.15) is 0 Å². The Morgan fingerprint density at radius 2 is 1.82 bits per heavy atom. The Hall–Kier alpha value is -0.250. The Bertz CT molecular complexity index is 344. The zero-order valence-electron chi connectivity index (χ0n) is 10.7. The minimum Gasteiger partial charge on any atom is -0.342 e. The summed E-state index contributed by atoms with van der Waals surface area (Å²) in [5.41, 5.74) is 5.29. The third-order valence-electron chi connectivity index (χ3n) is 2.03. The summed E-state index contributed by atoms with van der Waals surface area (Å²) in [4.78, 5) is 9.69. The number of benzene rings is 1. The third-order valence-corrected chi connectivity index (χ3v) is 4.54. The maximum absolute atomic E-state index is 9.69. The van der Waals surface area contributed by atoms with Crippen molar-refractivity contribution in [2.45, 2.75) is 33.2 Å². The predicted molar refractivity (Wildman–Crippen MR) is 78.1 cm³/mol. The van der Waals surface area contributed by atoms with Crippen LogP contribution in [0.5, 0.6) is 0 Å². The van der Waals surface area contributed by atoms with Gasteiger partial charge >= 0.3 is 0 Å². The van der Waals surface area contributed by atoms with E-state index in [2.05, 4.69) is 6.92 Å². The van der Waals surface area contributed by atoms with E-state index in [0.717, 1.165) is 6.42 Å². The van der Waals surface area contributed by atoms with Gasteiger partial charge in [0.1, 0.15) is 0 Å². The topological polar surface area (TPSA) is 55.5 Å². The van der Waals surface area contributed by atoms with Crippen LogP contribution in [0.1, 0.15) is 27.2 Å². The molecule has 0 aliphatic carbocycles. The van der Waals surface area contributed by atoms with E-state index in [1.165, 1.54) is 0 Å². The van der Waals surface area contributed by atoms with Gasteiger partial charge in [0.25, 0.3) is 0 Å². The summed E-state index contributed by atoms with van der Waals surface area (Å²) >= 11 is 4.95. The van der Waals surface area contributed by atoms with Crippen molar-refractivity contribution in [2.24, 2.45) is 5.73 Å². The van der Waals surface area contributed by atoms with E-state index in [9.17, 15) is 4.89 Å². The second kappa shape index (κ2) is 8.78. The van der Waals surface area contributed by atoms with Gasteiger partial charge in [-0.05, 0) is 44.2 Å². The minimum absolute atomic E-state index is 0.384. The van der Waals surface area contributed by atoms with Gasteiger partial charge in [0.05, 0.1) is 6.61 Å². The molecule has 0 amide bonds. The second-order valence-corrected chi connectivity index (χ2v) is 6.96. The van der Waals surface area contributed by atoms with Crippen molar-refractivity contribution >= 4 is 23.6 Å². The van der Waals surface area contributed by atoms with Gasteiger partial charge in [0.15, 0.2) is 0 Å². The number of hydrogen-bond acceptors (Lipinski definition) is 3. The van der Waals surface area contributed by atoms with E-state index in [0.29, 0.717) is 18.0 Å². The molecule has 3 nitrogen and oxygen atoms in total. The zero-order valence-corrected chi connectivity index (χ0v) is 12.4. The molecule has 0 radical (unpaired) electrons. The van der Waals surface area contributed by atoms with E-state index in [1.807, 2.05) is 32.0 Å². The summed E-state index contributed by atoms with van der Waals surface area (Å²) in [5.74, 6) is 0. The first-order valence-electron chi connectivity index (χ1n) is 5.72. The Labute approximate surface area is 109 Å². The van der Waals surface area contributed by atoms with Crippen molar-refractivity contribution in [1.29, 1.82) is 0 Å². The fourth-order valence-corrected chi connectivity index (χ4v) is 2.60. The van der Waals surface area contributed by atoms with Crippen molar-refractivity contribution in [1.82, 2.24) is 0 Å². The van der Waals surface area contributed by atoms with Crippen molar-refractivity contribution < 1.29 is 9.42 Å². The average molecular weight is 275 g/mol. The fourth-order valence-electron chi connectivity index (χ4n) is 0.866. The largest absolute Gasteiger partial charge is 0.342 e. The molecule has 0 aliphatic rings. The normalized spacial score (nSPS) is 15.4. The Balaban J connectivity index is 0.000000437. The van der Waals surface area contributed by atoms with Crippen LogP contribution in [0.25, 0.3) is 0 Å². The van der Waals surface area contributed by atoms with Gasteiger partial charge in [-0.25, -0.2) is 0 Å². The minimum atomic E-state index is -2.71. The summed E-state index contributed by atoms with van der Waals surface area (Å²) in [6.07, 6.45) is 1.08. The van der Waals surface area contributed by atoms with Crippen molar-refractivity contribution in [3.63, 3.8) is 0 Å². The van der Waals surface area contributed by atoms with Gasteiger partial charge < -0.3 is 15.2 Å². The van der Waals surface area contributed by atoms with Gasteiger partial charge in [-0.15, -0.1) is 0 Å². The second-order valence-electron chi connectivity index (χ2n) is 3.66. The molecule has 2 atom stereocenters. The molecular weight excluding hydrogens is 253 g/mol. The highest BCUT2D eigenvalue weighted by Crippen LogP contribution is 2.40. The SMILES string of the molecule is CCOP(O)(=S)c1ccccc1.CC[C@@H](C)N. The smallest absolute Gasteiger partial charge is 0.216 e. The van der Waals surface area contributed by atoms with Crippen LogP contribution in [0.15, 0.2) is 30.3 Å². The highest BCUT2D eigenvalue weighted by atomic mass is 32.5. The molecule has 0 aromatic heterocycles. The van der Waals surface area contributed by atoms with E-state index in [-0.39, 0.29) is 0 Å². The molecular formula is C12H22NO2PS. The molecule has 1 unspecified atom stereocenters. The first-order valence-corrected chi connectivity index (χ1v) is 8.39. The maximum atomic E-state index is 9.69. The Morgan fingerprint density at radius 1 is 1.35 bits per heavy atom. The fraction of sp³-hybridized carbons (Fsp3) is 0.500. The Morgan fingerprint density at radius 3 is 2.18 bits per heavy atom. The molecule has 0 saturated heterocycles. The average Bonchev–Trinajstić information content (AvgIpc) is 2.31. The van der Waals surface area contributed by atoms with Gasteiger partial charge in [0, 0.05) is 11.3 Å². The predicted octanol–water partition coefficient (Wildman–Crippen LogP) is 2.39. The summed E-state index contributed by atoms with van der Waals surface area (Å²) in [6.45, 7) is 3.63. The van der Waals surface area contributed by atoms with Crippen molar-refractivity contribution in [3.05, 3.63) is 30.3 Å². The van der Waals surface area contributed by atoms with Crippen LogP contribution in [0, 0.1) is 0 Å². The first kappa shape index (κ1) is 16.8. The Kier molecular flexibility index (Phi) is 8.66. The summed E-state index contributed by atoms with van der Waals surface area (Å²) in [5, 5.41) is 0.710. The number of nitrogens with two attached hydrogens (primary N) is 1. The third kappa shape index (κ3) is 7.63. The standard InChI is InChI=1S/C8H11O2PS.C4H11N/c1-2-10-11(9,12)8-6-4-3-5-7-8;1-3-4(2)5/h3-7H,2H2,1H3,(H,9,12);4H,3,5H2,1-2H3/t;4-/m.1/s1. The molecule has 98 valence electrons. The first-order chi connectivity index (χ1) is 7.94. The zero-order chi connectivity index (χ0) is 13.3. The monoisotopic (exact) mass is 275 g/mol. The maximum Gasteiger partial charge on any atom is 0.216 e. The molecule has 0 saturated carbocycles. The molecule has 0 fully saturated rings. The highest BCUT2D eigenvalue weighted by Gasteiger charge is 2.14. The van der Waals surface area contributed by atoms with E-state index >= 15 is 0 Å². The van der Waals surface area contributed by atoms with Crippen LogP contribution >= 0.6 is 6.49 Å². The van der Waals surface area contributed by atoms with E-state index in [1.54, 1.807) is 12.1 Å². The molecule has 1 rings (SSSR count). The van der Waals surface area contributed by atoms with E-state index in [4.69, 9.17) is 22.1 Å². The summed E-state index contributed by atoms with van der Waals surface area (Å²) in [7, 11) is 0. The van der Waals surface area contributed by atoms with Crippen LogP contribution < -0.4 is 11.0 Å². The lowest BCUT2D eigenvalue weighted by molar-refractivity contribution is 0.335. The van der Waals surface area contributed by atoms with Crippen molar-refractivity contribution in [2.75, 3.05) is 6.61 Å². The molecule has 0 bridgehead atoms. The molecule has 17 heavy (non-hydrogen) atoms. The van der Waals surface area contributed by atoms with Crippen LogP contribution in [-0.4, -0.2) is 17.5 Å². The molecule has 1 aromatic rings. The van der Waals surface area contributed by atoms with Gasteiger partial charge in [-0.3, -0.25) is 0 Å². The molecule has 3 N–H and O–H groups in total. The van der Waals surface area contributed by atoms with Gasteiger partial charge in [0.2, 0.25) is 6.49 Å². The summed E-state index contributed by atoms with van der Waals surface area (Å²) < 4.78 is 5.10. The van der Waals surface area contributed by atoms with Crippen LogP contribution in [0.3, 0.4) is 0 Å². The highest BCUT2D eigenvalue weighted by molar-refractivity contribution is 8.13. The van der Waals surface area contributed by atoms with Crippen molar-refractivity contribution in [3.8, 4) is 0 Å². The van der Waals surface area contributed by atoms with E-state index < -0.39 is 6.49 Å². The number of rotatable bonds is 4. The summed E-state index contributed by atoms with van der Waals surface area (Å²) in [6, 6.07) is 9.52. The lowest BCUT2D eigenvalue weighted by atomic mass is 10.3. The molecule has 0 heterocycles. The van der Waals surface area contributed by atoms with Crippen LogP contribution in [0.2, 0.25) is 0 Å². The van der Waals surface area contributed by atoms with Crippen LogP contribution in [0.4, 0.5) is 0 Å². The molecule has 0 aliphatic heterocycles. The lowest BCUT2D eigenvalue weighted by Crippen LogP contribution is -2.11. The molecule has 0 spiro atoms. The van der Waals surface area contributed by atoms with Gasteiger partial charge in [-0.1, -0.05) is 25.1 Å². The lowest BCUT2D eigenvalue weighted by Gasteiger charge is -2.13.